The van der Waals surface area contributed by atoms with Crippen LogP contribution in [0.2, 0.25) is 0 Å². The Morgan fingerprint density at radius 3 is 2.26 bits per heavy atom. The minimum atomic E-state index is -0.666. The van der Waals surface area contributed by atoms with Crippen molar-refractivity contribution in [1.82, 2.24) is 0 Å². The van der Waals surface area contributed by atoms with Gasteiger partial charge < -0.3 is 14.6 Å². The van der Waals surface area contributed by atoms with E-state index >= 15 is 0 Å². The molecule has 19 heavy (non-hydrogen) atoms. The highest BCUT2D eigenvalue weighted by Crippen LogP contribution is 2.52. The molecule has 0 amide bonds. The van der Waals surface area contributed by atoms with Crippen molar-refractivity contribution >= 4 is 0 Å². The molecular weight excluding hydrogens is 240 g/mol. The Labute approximate surface area is 117 Å². The van der Waals surface area contributed by atoms with Crippen LogP contribution in [0, 0.1) is 5.92 Å². The highest BCUT2D eigenvalue weighted by molar-refractivity contribution is 5.07. The standard InChI is InChI=1S/C16H30O3/c1-7-15(6)11-16(17,8-9-18-15)12-10-13(2,3)19-14(12,4)5/h12,17H,7-11H2,1-6H3. The minimum absolute atomic E-state index is 0.148. The summed E-state index contributed by atoms with van der Waals surface area (Å²) in [5, 5.41) is 11.2. The largest absolute Gasteiger partial charge is 0.389 e. The van der Waals surface area contributed by atoms with Gasteiger partial charge in [-0.05, 0) is 53.9 Å². The van der Waals surface area contributed by atoms with E-state index in [9.17, 15) is 5.11 Å². The Kier molecular flexibility index (Phi) is 3.57. The molecule has 112 valence electrons. The highest BCUT2D eigenvalue weighted by Gasteiger charge is 2.57. The van der Waals surface area contributed by atoms with Crippen molar-refractivity contribution in [2.24, 2.45) is 5.92 Å². The highest BCUT2D eigenvalue weighted by atomic mass is 16.5. The lowest BCUT2D eigenvalue weighted by Gasteiger charge is -2.48. The normalized spacial score (nSPS) is 45.3. The van der Waals surface area contributed by atoms with Gasteiger partial charge in [-0.1, -0.05) is 6.92 Å². The first-order valence-corrected chi connectivity index (χ1v) is 7.59. The fourth-order valence-electron chi connectivity index (χ4n) is 4.18. The van der Waals surface area contributed by atoms with Crippen molar-refractivity contribution in [2.45, 2.75) is 89.6 Å². The van der Waals surface area contributed by atoms with E-state index in [0.717, 1.165) is 19.3 Å². The van der Waals surface area contributed by atoms with E-state index in [1.807, 2.05) is 0 Å². The fraction of sp³-hybridized carbons (Fsp3) is 1.00. The maximum Gasteiger partial charge on any atom is 0.0753 e. The average molecular weight is 270 g/mol. The molecule has 0 aromatic heterocycles. The van der Waals surface area contributed by atoms with Crippen molar-refractivity contribution in [3.05, 3.63) is 0 Å². The van der Waals surface area contributed by atoms with E-state index in [2.05, 4.69) is 41.5 Å². The van der Waals surface area contributed by atoms with Crippen LogP contribution in [0.25, 0.3) is 0 Å². The summed E-state index contributed by atoms with van der Waals surface area (Å²) in [4.78, 5) is 0. The lowest BCUT2D eigenvalue weighted by Crippen LogP contribution is -2.55. The summed E-state index contributed by atoms with van der Waals surface area (Å²) < 4.78 is 12.1. The van der Waals surface area contributed by atoms with Gasteiger partial charge in [-0.2, -0.15) is 0 Å². The molecule has 0 aromatic rings. The molecule has 2 aliphatic heterocycles. The lowest BCUT2D eigenvalue weighted by atomic mass is 9.67. The molecule has 0 aliphatic carbocycles. The maximum absolute atomic E-state index is 11.2. The van der Waals surface area contributed by atoms with E-state index in [1.54, 1.807) is 0 Å². The quantitative estimate of drug-likeness (QED) is 0.837. The zero-order valence-electron chi connectivity index (χ0n) is 13.4. The van der Waals surface area contributed by atoms with Crippen LogP contribution < -0.4 is 0 Å². The number of rotatable bonds is 2. The van der Waals surface area contributed by atoms with Crippen molar-refractivity contribution in [3.8, 4) is 0 Å². The molecule has 0 spiro atoms. The number of hydrogen-bond donors (Lipinski definition) is 1. The smallest absolute Gasteiger partial charge is 0.0753 e. The van der Waals surface area contributed by atoms with Crippen molar-refractivity contribution in [1.29, 1.82) is 0 Å². The summed E-state index contributed by atoms with van der Waals surface area (Å²) in [7, 11) is 0. The first kappa shape index (κ1) is 15.3. The third kappa shape index (κ3) is 2.84. The van der Waals surface area contributed by atoms with Crippen molar-refractivity contribution < 1.29 is 14.6 Å². The zero-order chi connectivity index (χ0) is 14.5. The van der Waals surface area contributed by atoms with Gasteiger partial charge in [0.05, 0.1) is 29.0 Å². The number of ether oxygens (including phenoxy) is 2. The average Bonchev–Trinajstić information content (AvgIpc) is 2.47. The van der Waals surface area contributed by atoms with Gasteiger partial charge in [0.1, 0.15) is 0 Å². The van der Waals surface area contributed by atoms with E-state index in [-0.39, 0.29) is 22.7 Å². The van der Waals surface area contributed by atoms with Crippen LogP contribution in [0.5, 0.6) is 0 Å². The van der Waals surface area contributed by atoms with Gasteiger partial charge in [0.2, 0.25) is 0 Å². The number of hydrogen-bond acceptors (Lipinski definition) is 3. The SMILES string of the molecule is CCC1(C)CC(O)(C2CC(C)(C)OC2(C)C)CCO1. The minimum Gasteiger partial charge on any atom is -0.389 e. The Morgan fingerprint density at radius 1 is 1.16 bits per heavy atom. The first-order valence-electron chi connectivity index (χ1n) is 7.59. The van der Waals surface area contributed by atoms with Crippen molar-refractivity contribution in [3.63, 3.8) is 0 Å². The van der Waals surface area contributed by atoms with Crippen LogP contribution in [0.3, 0.4) is 0 Å². The molecule has 0 aromatic carbocycles. The fourth-order valence-corrected chi connectivity index (χ4v) is 4.18. The van der Waals surface area contributed by atoms with E-state index in [0.29, 0.717) is 13.0 Å². The molecule has 0 radical (unpaired) electrons. The second-order valence-corrected chi connectivity index (χ2v) is 7.90. The molecule has 0 saturated carbocycles. The summed E-state index contributed by atoms with van der Waals surface area (Å²) in [5.41, 5.74) is -1.29. The van der Waals surface area contributed by atoms with Gasteiger partial charge in [-0.25, -0.2) is 0 Å². The molecule has 2 heterocycles. The van der Waals surface area contributed by atoms with Gasteiger partial charge in [-0.3, -0.25) is 0 Å². The van der Waals surface area contributed by atoms with Gasteiger partial charge in [-0.15, -0.1) is 0 Å². The number of aliphatic hydroxyl groups is 1. The summed E-state index contributed by atoms with van der Waals surface area (Å²) in [6.07, 6.45) is 3.28. The van der Waals surface area contributed by atoms with Crippen LogP contribution in [-0.4, -0.2) is 34.1 Å². The molecule has 0 bridgehead atoms. The first-order chi connectivity index (χ1) is 8.52. The zero-order valence-corrected chi connectivity index (χ0v) is 13.4. The molecule has 1 N–H and O–H groups in total. The van der Waals surface area contributed by atoms with Crippen molar-refractivity contribution in [2.75, 3.05) is 6.61 Å². The predicted molar refractivity (Wildman–Crippen MR) is 76.2 cm³/mol. The maximum atomic E-state index is 11.2. The summed E-state index contributed by atoms with van der Waals surface area (Å²) in [6.45, 7) is 13.4. The molecule has 2 saturated heterocycles. The lowest BCUT2D eigenvalue weighted by molar-refractivity contribution is -0.192. The third-order valence-electron chi connectivity index (χ3n) is 5.14. The molecule has 3 unspecified atom stereocenters. The van der Waals surface area contributed by atoms with E-state index < -0.39 is 5.60 Å². The van der Waals surface area contributed by atoms with Crippen LogP contribution in [0.15, 0.2) is 0 Å². The topological polar surface area (TPSA) is 38.7 Å². The van der Waals surface area contributed by atoms with Gasteiger partial charge >= 0.3 is 0 Å². The van der Waals surface area contributed by atoms with Crippen LogP contribution >= 0.6 is 0 Å². The second kappa shape index (κ2) is 4.44. The Hall–Kier alpha value is -0.120. The second-order valence-electron chi connectivity index (χ2n) is 7.90. The predicted octanol–water partition coefficient (Wildman–Crippen LogP) is 3.29. The molecule has 2 fully saturated rings. The third-order valence-corrected chi connectivity index (χ3v) is 5.14. The van der Waals surface area contributed by atoms with Crippen LogP contribution in [-0.2, 0) is 9.47 Å². The molecule has 3 nitrogen and oxygen atoms in total. The van der Waals surface area contributed by atoms with Crippen LogP contribution in [0.1, 0.15) is 67.2 Å². The molecule has 2 rings (SSSR count). The molecule has 3 atom stereocenters. The van der Waals surface area contributed by atoms with Crippen LogP contribution in [0.4, 0.5) is 0 Å². The van der Waals surface area contributed by atoms with Gasteiger partial charge in [0.25, 0.3) is 0 Å². The summed E-state index contributed by atoms with van der Waals surface area (Å²) >= 11 is 0. The summed E-state index contributed by atoms with van der Waals surface area (Å²) in [6, 6.07) is 0. The Morgan fingerprint density at radius 2 is 1.79 bits per heavy atom. The molecular formula is C16H30O3. The molecule has 2 aliphatic rings. The van der Waals surface area contributed by atoms with Gasteiger partial charge in [0, 0.05) is 12.3 Å². The Bertz CT molecular complexity index is 350. The Balaban J connectivity index is 2.25. The molecule has 3 heteroatoms. The van der Waals surface area contributed by atoms with E-state index in [1.165, 1.54) is 0 Å². The monoisotopic (exact) mass is 270 g/mol. The van der Waals surface area contributed by atoms with Gasteiger partial charge in [0.15, 0.2) is 0 Å². The summed E-state index contributed by atoms with van der Waals surface area (Å²) in [5.74, 6) is 0.171. The van der Waals surface area contributed by atoms with E-state index in [4.69, 9.17) is 9.47 Å².